The van der Waals surface area contributed by atoms with Crippen LogP contribution in [0.25, 0.3) is 22.5 Å². The molecule has 104 valence electrons. The van der Waals surface area contributed by atoms with Gasteiger partial charge in [0.05, 0.1) is 0 Å². The number of hydrogen-bond acceptors (Lipinski definition) is 2. The highest BCUT2D eigenvalue weighted by Crippen LogP contribution is 2.33. The molecule has 0 amide bonds. The molecule has 0 N–H and O–H groups in total. The first-order chi connectivity index (χ1) is 10.2. The fourth-order valence-electron chi connectivity index (χ4n) is 2.42. The first kappa shape index (κ1) is 13.4. The molecular formula is C19H16O2. The molecule has 0 aliphatic carbocycles. The number of aryl methyl sites for hydroxylation is 2. The first-order valence-electron chi connectivity index (χ1n) is 6.91. The lowest BCUT2D eigenvalue weighted by Crippen LogP contribution is -1.86. The van der Waals surface area contributed by atoms with Crippen LogP contribution < -0.4 is 0 Å². The Bertz CT molecular complexity index is 797. The Labute approximate surface area is 124 Å². The molecule has 21 heavy (non-hydrogen) atoms. The number of aldehydes is 1. The molecule has 3 rings (SSSR count). The molecule has 2 aromatic carbocycles. The quantitative estimate of drug-likeness (QED) is 0.627. The molecule has 0 saturated heterocycles. The molecular weight excluding hydrogens is 260 g/mol. The van der Waals surface area contributed by atoms with Crippen molar-refractivity contribution in [2.24, 2.45) is 0 Å². The van der Waals surface area contributed by atoms with E-state index < -0.39 is 0 Å². The minimum absolute atomic E-state index is 0.347. The van der Waals surface area contributed by atoms with E-state index in [9.17, 15) is 4.79 Å². The summed E-state index contributed by atoms with van der Waals surface area (Å²) in [6.07, 6.45) is 0.724. The molecule has 0 saturated carbocycles. The van der Waals surface area contributed by atoms with Crippen molar-refractivity contribution in [1.82, 2.24) is 0 Å². The maximum atomic E-state index is 10.8. The van der Waals surface area contributed by atoms with Gasteiger partial charge >= 0.3 is 0 Å². The first-order valence-corrected chi connectivity index (χ1v) is 6.91. The van der Waals surface area contributed by atoms with E-state index >= 15 is 0 Å². The molecule has 0 unspecified atom stereocenters. The van der Waals surface area contributed by atoms with Crippen LogP contribution in [0.5, 0.6) is 0 Å². The molecule has 0 aliphatic heterocycles. The second kappa shape index (κ2) is 5.41. The standard InChI is InChI=1S/C19H16O2/c1-13-7-8-15(11-14(13)2)17-5-3-4-6-18(17)19-10-9-16(12-20)21-19/h3-12H,1-2H3. The number of carbonyl (C=O) groups is 1. The van der Waals surface area contributed by atoms with Crippen LogP contribution in [0, 0.1) is 13.8 Å². The van der Waals surface area contributed by atoms with Gasteiger partial charge in [-0.15, -0.1) is 0 Å². The predicted molar refractivity (Wildman–Crippen MR) is 84.4 cm³/mol. The highest BCUT2D eigenvalue weighted by molar-refractivity contribution is 5.83. The number of furan rings is 1. The Balaban J connectivity index is 2.15. The van der Waals surface area contributed by atoms with Crippen LogP contribution in [0.1, 0.15) is 21.7 Å². The number of benzene rings is 2. The van der Waals surface area contributed by atoms with Crippen molar-refractivity contribution in [2.45, 2.75) is 13.8 Å². The summed E-state index contributed by atoms with van der Waals surface area (Å²) in [5, 5.41) is 0. The summed E-state index contributed by atoms with van der Waals surface area (Å²) in [6.45, 7) is 4.22. The lowest BCUT2D eigenvalue weighted by Gasteiger charge is -2.09. The lowest BCUT2D eigenvalue weighted by molar-refractivity contribution is 0.110. The second-order valence-electron chi connectivity index (χ2n) is 5.16. The molecule has 2 nitrogen and oxygen atoms in total. The van der Waals surface area contributed by atoms with Crippen molar-refractivity contribution in [3.05, 3.63) is 71.5 Å². The zero-order chi connectivity index (χ0) is 14.8. The third-order valence-electron chi connectivity index (χ3n) is 3.75. The summed E-state index contributed by atoms with van der Waals surface area (Å²) in [4.78, 5) is 10.8. The molecule has 0 radical (unpaired) electrons. The van der Waals surface area contributed by atoms with Gasteiger partial charge in [-0.05, 0) is 48.2 Å². The smallest absolute Gasteiger partial charge is 0.185 e. The Kier molecular flexibility index (Phi) is 3.44. The highest BCUT2D eigenvalue weighted by atomic mass is 16.3. The fourth-order valence-corrected chi connectivity index (χ4v) is 2.42. The summed E-state index contributed by atoms with van der Waals surface area (Å²) in [5.41, 5.74) is 5.78. The summed E-state index contributed by atoms with van der Waals surface area (Å²) < 4.78 is 5.57. The van der Waals surface area contributed by atoms with Crippen LogP contribution in [0.3, 0.4) is 0 Å². The number of hydrogen-bond donors (Lipinski definition) is 0. The SMILES string of the molecule is Cc1ccc(-c2ccccc2-c2ccc(C=O)o2)cc1C. The molecule has 2 heteroatoms. The molecule has 0 fully saturated rings. The van der Waals surface area contributed by atoms with E-state index in [-0.39, 0.29) is 0 Å². The van der Waals surface area contributed by atoms with Crippen LogP contribution in [0.4, 0.5) is 0 Å². The molecule has 1 aromatic heterocycles. The second-order valence-corrected chi connectivity index (χ2v) is 5.16. The van der Waals surface area contributed by atoms with Gasteiger partial charge in [0, 0.05) is 5.56 Å². The van der Waals surface area contributed by atoms with Crippen LogP contribution in [0.15, 0.2) is 59.0 Å². The Morgan fingerprint density at radius 3 is 2.29 bits per heavy atom. The van der Waals surface area contributed by atoms with Crippen molar-refractivity contribution in [3.63, 3.8) is 0 Å². The van der Waals surface area contributed by atoms with Crippen molar-refractivity contribution < 1.29 is 9.21 Å². The number of carbonyl (C=O) groups excluding carboxylic acids is 1. The fraction of sp³-hybridized carbons (Fsp3) is 0.105. The molecule has 0 aliphatic rings. The number of rotatable bonds is 3. The van der Waals surface area contributed by atoms with E-state index in [2.05, 4.69) is 38.1 Å². The minimum Gasteiger partial charge on any atom is -0.453 e. The normalized spacial score (nSPS) is 10.6. The largest absolute Gasteiger partial charge is 0.453 e. The Hall–Kier alpha value is -2.61. The van der Waals surface area contributed by atoms with Gasteiger partial charge in [-0.25, -0.2) is 0 Å². The van der Waals surface area contributed by atoms with Gasteiger partial charge in [0.1, 0.15) is 5.76 Å². The molecule has 0 bridgehead atoms. The average Bonchev–Trinajstić information content (AvgIpc) is 2.99. The van der Waals surface area contributed by atoms with Crippen molar-refractivity contribution in [3.8, 4) is 22.5 Å². The van der Waals surface area contributed by atoms with Gasteiger partial charge in [0.25, 0.3) is 0 Å². The Morgan fingerprint density at radius 1 is 0.857 bits per heavy atom. The van der Waals surface area contributed by atoms with E-state index in [4.69, 9.17) is 4.42 Å². The van der Waals surface area contributed by atoms with Crippen molar-refractivity contribution >= 4 is 6.29 Å². The average molecular weight is 276 g/mol. The van der Waals surface area contributed by atoms with Crippen LogP contribution in [0.2, 0.25) is 0 Å². The van der Waals surface area contributed by atoms with Gasteiger partial charge < -0.3 is 4.42 Å². The van der Waals surface area contributed by atoms with Gasteiger partial charge in [-0.2, -0.15) is 0 Å². The van der Waals surface area contributed by atoms with Gasteiger partial charge in [-0.1, -0.05) is 42.5 Å². The highest BCUT2D eigenvalue weighted by Gasteiger charge is 2.11. The summed E-state index contributed by atoms with van der Waals surface area (Å²) in [6, 6.07) is 18.0. The van der Waals surface area contributed by atoms with E-state index in [1.165, 1.54) is 11.1 Å². The van der Waals surface area contributed by atoms with Crippen molar-refractivity contribution in [1.29, 1.82) is 0 Å². The lowest BCUT2D eigenvalue weighted by atomic mass is 9.95. The maximum Gasteiger partial charge on any atom is 0.185 e. The van der Waals surface area contributed by atoms with Crippen LogP contribution >= 0.6 is 0 Å². The molecule has 0 spiro atoms. The third-order valence-corrected chi connectivity index (χ3v) is 3.75. The van der Waals surface area contributed by atoms with E-state index in [0.29, 0.717) is 11.5 Å². The minimum atomic E-state index is 0.347. The molecule has 0 atom stereocenters. The third kappa shape index (κ3) is 2.52. The van der Waals surface area contributed by atoms with Gasteiger partial charge in [-0.3, -0.25) is 4.79 Å². The predicted octanol–water partition coefficient (Wildman–Crippen LogP) is 5.04. The van der Waals surface area contributed by atoms with Gasteiger partial charge in [0.15, 0.2) is 12.0 Å². The molecule has 3 aromatic rings. The summed E-state index contributed by atoms with van der Waals surface area (Å²) in [5.74, 6) is 1.06. The zero-order valence-corrected chi connectivity index (χ0v) is 12.1. The van der Waals surface area contributed by atoms with Crippen molar-refractivity contribution in [2.75, 3.05) is 0 Å². The topological polar surface area (TPSA) is 30.2 Å². The van der Waals surface area contributed by atoms with E-state index in [0.717, 1.165) is 23.0 Å². The summed E-state index contributed by atoms with van der Waals surface area (Å²) in [7, 11) is 0. The van der Waals surface area contributed by atoms with Gasteiger partial charge in [0.2, 0.25) is 0 Å². The summed E-state index contributed by atoms with van der Waals surface area (Å²) >= 11 is 0. The molecule has 1 heterocycles. The van der Waals surface area contributed by atoms with Crippen LogP contribution in [-0.2, 0) is 0 Å². The van der Waals surface area contributed by atoms with Crippen LogP contribution in [-0.4, -0.2) is 6.29 Å². The van der Waals surface area contributed by atoms with E-state index in [1.54, 1.807) is 6.07 Å². The monoisotopic (exact) mass is 276 g/mol. The van der Waals surface area contributed by atoms with E-state index in [1.807, 2.05) is 24.3 Å². The Morgan fingerprint density at radius 2 is 1.62 bits per heavy atom. The maximum absolute atomic E-state index is 10.8. The zero-order valence-electron chi connectivity index (χ0n) is 12.1.